The van der Waals surface area contributed by atoms with E-state index in [1.807, 2.05) is 0 Å². The molecule has 0 amide bonds. The van der Waals surface area contributed by atoms with Gasteiger partial charge in [-0.3, -0.25) is 9.35 Å². The number of carbonyl (C=O) groups excluding carboxylic acids is 1. The van der Waals surface area contributed by atoms with E-state index in [2.05, 4.69) is 115 Å². The molecule has 12 nitrogen and oxygen atoms in total. The summed E-state index contributed by atoms with van der Waals surface area (Å²) >= 11 is 0. The lowest BCUT2D eigenvalue weighted by Gasteiger charge is -2.41. The van der Waals surface area contributed by atoms with Gasteiger partial charge in [-0.2, -0.15) is 8.42 Å². The van der Waals surface area contributed by atoms with E-state index in [1.165, 1.54) is 25.7 Å². The molecule has 6 atom stereocenters. The van der Waals surface area contributed by atoms with Crippen LogP contribution in [0.25, 0.3) is 0 Å². The van der Waals surface area contributed by atoms with E-state index < -0.39 is 59.8 Å². The van der Waals surface area contributed by atoms with Crippen LogP contribution in [0, 0.1) is 0 Å². The third kappa shape index (κ3) is 34.4. The summed E-state index contributed by atoms with van der Waals surface area (Å²) < 4.78 is 59.0. The summed E-state index contributed by atoms with van der Waals surface area (Å²) in [6, 6.07) is 0. The maximum absolute atomic E-state index is 12.9. The maximum atomic E-state index is 12.9. The van der Waals surface area contributed by atoms with Gasteiger partial charge in [-0.25, -0.2) is 4.18 Å². The summed E-state index contributed by atoms with van der Waals surface area (Å²) in [6.45, 7) is 3.76. The van der Waals surface area contributed by atoms with Crippen molar-refractivity contribution in [1.29, 1.82) is 0 Å². The first-order chi connectivity index (χ1) is 31.1. The van der Waals surface area contributed by atoms with Crippen LogP contribution in [-0.4, -0.2) is 97.5 Å². The number of hydrogen-bond acceptors (Lipinski definition) is 11. The molecular weight excluding hydrogens is 837 g/mol. The molecule has 0 aromatic rings. The summed E-state index contributed by atoms with van der Waals surface area (Å²) in [5, 5.41) is 30.7. The van der Waals surface area contributed by atoms with Crippen LogP contribution in [0.1, 0.15) is 155 Å². The van der Waals surface area contributed by atoms with E-state index in [-0.39, 0.29) is 19.6 Å². The zero-order chi connectivity index (χ0) is 46.8. The van der Waals surface area contributed by atoms with Gasteiger partial charge < -0.3 is 34.3 Å². The molecule has 1 heterocycles. The van der Waals surface area contributed by atoms with Crippen LogP contribution in [0.2, 0.25) is 0 Å². The third-order valence-electron chi connectivity index (χ3n) is 10.2. The van der Waals surface area contributed by atoms with Crippen LogP contribution < -0.4 is 0 Å². The number of aliphatic hydroxyl groups excluding tert-OH is 3. The molecular formula is C51H84O12S. The SMILES string of the molecule is CC/C=C\C/C=C\C/C=C\C/C=C\C/C=C\C/C=C\C/C=C\CCCCCC(=O)OC(COCCCCCCCC/C=C\CCCC)COC1OC(CO)C(O)C(OS(=O)(=O)O)C1O. The van der Waals surface area contributed by atoms with E-state index in [4.69, 9.17) is 23.5 Å². The number of unbranched alkanes of at least 4 members (excludes halogenated alkanes) is 11. The first-order valence-corrected chi connectivity index (χ1v) is 25.4. The fourth-order valence-corrected chi connectivity index (χ4v) is 7.08. The molecule has 64 heavy (non-hydrogen) atoms. The highest BCUT2D eigenvalue weighted by Gasteiger charge is 2.48. The third-order valence-corrected chi connectivity index (χ3v) is 10.7. The lowest BCUT2D eigenvalue weighted by molar-refractivity contribution is -0.301. The average Bonchev–Trinajstić information content (AvgIpc) is 3.27. The van der Waals surface area contributed by atoms with Gasteiger partial charge >= 0.3 is 16.4 Å². The lowest BCUT2D eigenvalue weighted by Crippen LogP contribution is -2.60. The zero-order valence-electron chi connectivity index (χ0n) is 39.0. The molecule has 1 aliphatic heterocycles. The molecule has 6 unspecified atom stereocenters. The summed E-state index contributed by atoms with van der Waals surface area (Å²) in [4.78, 5) is 12.9. The van der Waals surface area contributed by atoms with E-state index in [9.17, 15) is 28.5 Å². The topological polar surface area (TPSA) is 178 Å². The number of rotatable bonds is 40. The van der Waals surface area contributed by atoms with Gasteiger partial charge in [-0.15, -0.1) is 0 Å². The fraction of sp³-hybridized carbons (Fsp3) is 0.667. The van der Waals surface area contributed by atoms with Crippen molar-refractivity contribution in [3.63, 3.8) is 0 Å². The summed E-state index contributed by atoms with van der Waals surface area (Å²) in [5.41, 5.74) is 0. The molecule has 0 aromatic heterocycles. The number of hydrogen-bond donors (Lipinski definition) is 4. The molecule has 0 aliphatic carbocycles. The smallest absolute Gasteiger partial charge is 0.397 e. The molecule has 4 N–H and O–H groups in total. The quantitative estimate of drug-likeness (QED) is 0.0198. The monoisotopic (exact) mass is 921 g/mol. The predicted octanol–water partition coefficient (Wildman–Crippen LogP) is 10.6. The van der Waals surface area contributed by atoms with Gasteiger partial charge in [0.2, 0.25) is 0 Å². The van der Waals surface area contributed by atoms with Crippen molar-refractivity contribution >= 4 is 16.4 Å². The number of allylic oxidation sites excluding steroid dienone is 16. The summed E-state index contributed by atoms with van der Waals surface area (Å²) in [6.07, 6.45) is 47.3. The Balaban J connectivity index is 2.41. The highest BCUT2D eigenvalue weighted by Crippen LogP contribution is 2.26. The lowest BCUT2D eigenvalue weighted by atomic mass is 9.99. The highest BCUT2D eigenvalue weighted by molar-refractivity contribution is 7.80. The Morgan fingerprint density at radius 3 is 1.59 bits per heavy atom. The van der Waals surface area contributed by atoms with E-state index in [1.54, 1.807) is 0 Å². The molecule has 0 bridgehead atoms. The van der Waals surface area contributed by atoms with Gasteiger partial charge in [0.05, 0.1) is 19.8 Å². The highest BCUT2D eigenvalue weighted by atomic mass is 32.3. The van der Waals surface area contributed by atoms with Crippen LogP contribution in [0.15, 0.2) is 97.2 Å². The molecule has 1 aliphatic rings. The summed E-state index contributed by atoms with van der Waals surface area (Å²) in [7, 11) is -5.07. The molecule has 1 fully saturated rings. The van der Waals surface area contributed by atoms with Crippen molar-refractivity contribution in [3.8, 4) is 0 Å². The van der Waals surface area contributed by atoms with Crippen LogP contribution in [0.5, 0.6) is 0 Å². The molecule has 0 aromatic carbocycles. The fourth-order valence-electron chi connectivity index (χ4n) is 6.57. The molecule has 1 rings (SSSR count). The van der Waals surface area contributed by atoms with E-state index in [0.717, 1.165) is 103 Å². The van der Waals surface area contributed by atoms with E-state index >= 15 is 0 Å². The second-order valence-corrected chi connectivity index (χ2v) is 17.0. The van der Waals surface area contributed by atoms with Crippen LogP contribution in [-0.2, 0) is 38.3 Å². The van der Waals surface area contributed by atoms with Gasteiger partial charge in [-0.05, 0) is 89.9 Å². The zero-order valence-corrected chi connectivity index (χ0v) is 39.9. The van der Waals surface area contributed by atoms with Crippen molar-refractivity contribution < 1.29 is 56.2 Å². The van der Waals surface area contributed by atoms with Gasteiger partial charge in [0, 0.05) is 13.0 Å². The molecule has 0 radical (unpaired) electrons. The van der Waals surface area contributed by atoms with Gasteiger partial charge in [0.1, 0.15) is 30.5 Å². The number of esters is 1. The van der Waals surface area contributed by atoms with Crippen LogP contribution >= 0.6 is 0 Å². The van der Waals surface area contributed by atoms with Crippen molar-refractivity contribution in [1.82, 2.24) is 0 Å². The predicted molar refractivity (Wildman–Crippen MR) is 257 cm³/mol. The van der Waals surface area contributed by atoms with Crippen molar-refractivity contribution in [2.45, 2.75) is 192 Å². The molecule has 0 saturated carbocycles. The minimum absolute atomic E-state index is 0.0114. The van der Waals surface area contributed by atoms with Gasteiger partial charge in [0.25, 0.3) is 0 Å². The number of aliphatic hydroxyl groups is 3. The molecule has 366 valence electrons. The Hall–Kier alpha value is -2.98. The summed E-state index contributed by atoms with van der Waals surface area (Å²) in [5.74, 6) is -0.438. The largest absolute Gasteiger partial charge is 0.457 e. The minimum Gasteiger partial charge on any atom is -0.457 e. The average molecular weight is 921 g/mol. The maximum Gasteiger partial charge on any atom is 0.397 e. The number of carbonyl (C=O) groups is 1. The standard InChI is InChI=1S/C51H84O12S/c1-3-5-7-9-11-13-15-17-18-19-20-21-22-23-24-25-26-27-28-29-30-32-34-36-38-40-47(53)61-45(43-59-41-39-37-35-33-31-16-14-12-10-8-6-4-2)44-60-51-49(55)50(63-64(56,57)58)48(54)46(42-52)62-51/h5,7,10-13,17-18,20-21,23-24,26-27,29-30,45-46,48-52,54-55H,3-4,6,8-9,14-16,19,22,25,28,31-44H2,1-2H3,(H,56,57,58)/b7-5-,12-10-,13-11-,18-17-,21-20-,24-23-,27-26-,30-29-. The van der Waals surface area contributed by atoms with Gasteiger partial charge in [0.15, 0.2) is 6.29 Å². The van der Waals surface area contributed by atoms with Crippen LogP contribution in [0.4, 0.5) is 0 Å². The molecule has 0 spiro atoms. The second kappa shape index (κ2) is 41.5. The normalized spacial score (nSPS) is 20.6. The molecule has 1 saturated heterocycles. The Morgan fingerprint density at radius 1 is 0.609 bits per heavy atom. The van der Waals surface area contributed by atoms with Crippen molar-refractivity contribution in [2.24, 2.45) is 0 Å². The second-order valence-electron chi connectivity index (χ2n) is 16.0. The Morgan fingerprint density at radius 2 is 1.08 bits per heavy atom. The van der Waals surface area contributed by atoms with Crippen molar-refractivity contribution in [2.75, 3.05) is 26.4 Å². The Labute approximate surface area is 386 Å². The number of ether oxygens (including phenoxy) is 4. The first-order valence-electron chi connectivity index (χ1n) is 24.0. The van der Waals surface area contributed by atoms with E-state index in [0.29, 0.717) is 13.0 Å². The first kappa shape index (κ1) is 59.0. The Bertz CT molecular complexity index is 1480. The van der Waals surface area contributed by atoms with Crippen LogP contribution in [0.3, 0.4) is 0 Å². The molecule has 13 heteroatoms. The van der Waals surface area contributed by atoms with Gasteiger partial charge in [-0.1, -0.05) is 156 Å². The van der Waals surface area contributed by atoms with Crippen molar-refractivity contribution in [3.05, 3.63) is 97.2 Å². The minimum atomic E-state index is -5.07. The Kier molecular flexibility index (Phi) is 38.2.